The monoisotopic (exact) mass is 264 g/mol. The van der Waals surface area contributed by atoms with Crippen molar-refractivity contribution in [1.29, 1.82) is 0 Å². The van der Waals surface area contributed by atoms with E-state index in [1.807, 2.05) is 0 Å². The summed E-state index contributed by atoms with van der Waals surface area (Å²) in [4.78, 5) is 0. The van der Waals surface area contributed by atoms with Crippen LogP contribution >= 0.6 is 0 Å². The van der Waals surface area contributed by atoms with Crippen LogP contribution < -0.4 is 9.47 Å². The number of rotatable bonds is 6. The second-order valence-electron chi connectivity index (χ2n) is 3.67. The minimum atomic E-state index is -4.18. The third-order valence-corrected chi connectivity index (χ3v) is 2.30. The lowest BCUT2D eigenvalue weighted by Gasteiger charge is -2.14. The van der Waals surface area contributed by atoms with E-state index in [9.17, 15) is 13.2 Å². The van der Waals surface area contributed by atoms with E-state index in [4.69, 9.17) is 14.6 Å². The first-order valence-electron chi connectivity index (χ1n) is 5.44. The van der Waals surface area contributed by atoms with Crippen LogP contribution in [0.5, 0.6) is 11.5 Å². The molecule has 0 radical (unpaired) electrons. The van der Waals surface area contributed by atoms with Gasteiger partial charge >= 0.3 is 6.18 Å². The average Bonchev–Trinajstić information content (AvgIpc) is 2.33. The van der Waals surface area contributed by atoms with Crippen molar-refractivity contribution in [2.24, 2.45) is 0 Å². The molecule has 0 heterocycles. The Morgan fingerprint density at radius 1 is 1.28 bits per heavy atom. The predicted molar refractivity (Wildman–Crippen MR) is 59.7 cm³/mol. The zero-order valence-corrected chi connectivity index (χ0v) is 9.96. The van der Waals surface area contributed by atoms with Crippen LogP contribution in [0.1, 0.15) is 18.4 Å². The van der Waals surface area contributed by atoms with Crippen LogP contribution in [-0.4, -0.2) is 25.0 Å². The number of hydrogen-bond donors (Lipinski definition) is 1. The molecule has 0 saturated carbocycles. The highest BCUT2D eigenvalue weighted by Crippen LogP contribution is 2.31. The number of aliphatic hydroxyl groups is 1. The lowest BCUT2D eigenvalue weighted by atomic mass is 10.2. The predicted octanol–water partition coefficient (Wildman–Crippen LogP) is 2.91. The van der Waals surface area contributed by atoms with Gasteiger partial charge in [-0.2, -0.15) is 13.2 Å². The number of ether oxygens (including phenoxy) is 2. The Morgan fingerprint density at radius 2 is 2.00 bits per heavy atom. The Kier molecular flexibility index (Phi) is 5.27. The fourth-order valence-electron chi connectivity index (χ4n) is 1.46. The average molecular weight is 264 g/mol. The number of halogens is 3. The van der Waals surface area contributed by atoms with Gasteiger partial charge in [-0.1, -0.05) is 12.1 Å². The Labute approximate surface area is 103 Å². The van der Waals surface area contributed by atoms with E-state index in [-0.39, 0.29) is 19.6 Å². The Balaban J connectivity index is 2.60. The molecular weight excluding hydrogens is 249 g/mol. The van der Waals surface area contributed by atoms with Gasteiger partial charge in [-0.25, -0.2) is 0 Å². The second-order valence-corrected chi connectivity index (χ2v) is 3.67. The number of aliphatic hydroxyl groups excluding tert-OH is 1. The molecule has 102 valence electrons. The molecule has 0 bridgehead atoms. The topological polar surface area (TPSA) is 38.7 Å². The summed E-state index contributed by atoms with van der Waals surface area (Å²) < 4.78 is 46.1. The van der Waals surface area contributed by atoms with Gasteiger partial charge in [0.2, 0.25) is 0 Å². The zero-order valence-electron chi connectivity index (χ0n) is 9.96. The Bertz CT molecular complexity index is 355. The lowest BCUT2D eigenvalue weighted by Crippen LogP contribution is -2.10. The molecule has 0 aromatic heterocycles. The maximum Gasteiger partial charge on any atom is 0.389 e. The van der Waals surface area contributed by atoms with Gasteiger partial charge in [0.05, 0.1) is 20.3 Å². The van der Waals surface area contributed by atoms with E-state index in [1.165, 1.54) is 7.11 Å². The highest BCUT2D eigenvalue weighted by atomic mass is 19.4. The molecule has 1 aromatic carbocycles. The van der Waals surface area contributed by atoms with Gasteiger partial charge in [-0.05, 0) is 12.5 Å². The summed E-state index contributed by atoms with van der Waals surface area (Å²) in [7, 11) is 1.43. The minimum Gasteiger partial charge on any atom is -0.493 e. The van der Waals surface area contributed by atoms with Gasteiger partial charge in [-0.3, -0.25) is 0 Å². The van der Waals surface area contributed by atoms with Crippen molar-refractivity contribution in [3.63, 3.8) is 0 Å². The molecule has 1 N–H and O–H groups in total. The Hall–Kier alpha value is -1.43. The van der Waals surface area contributed by atoms with Gasteiger partial charge in [0.1, 0.15) is 0 Å². The molecule has 0 amide bonds. The fourth-order valence-corrected chi connectivity index (χ4v) is 1.46. The van der Waals surface area contributed by atoms with E-state index in [1.54, 1.807) is 18.2 Å². The highest BCUT2D eigenvalue weighted by molar-refractivity contribution is 5.46. The maximum absolute atomic E-state index is 12.0. The molecule has 0 fully saturated rings. The van der Waals surface area contributed by atoms with Gasteiger partial charge < -0.3 is 14.6 Å². The highest BCUT2D eigenvalue weighted by Gasteiger charge is 2.26. The summed E-state index contributed by atoms with van der Waals surface area (Å²) in [5.74, 6) is 0.693. The summed E-state index contributed by atoms with van der Waals surface area (Å²) in [5.41, 5.74) is 0.487. The first kappa shape index (κ1) is 14.6. The molecule has 0 aliphatic heterocycles. The quantitative estimate of drug-likeness (QED) is 0.803. The molecule has 0 spiro atoms. The van der Waals surface area contributed by atoms with E-state index < -0.39 is 12.6 Å². The molecular formula is C12H15F3O3. The van der Waals surface area contributed by atoms with Gasteiger partial charge in [0.25, 0.3) is 0 Å². The number of benzene rings is 1. The van der Waals surface area contributed by atoms with Crippen LogP contribution in [0.4, 0.5) is 13.2 Å². The van der Waals surface area contributed by atoms with Crippen LogP contribution in [0.15, 0.2) is 18.2 Å². The minimum absolute atomic E-state index is 0.0765. The molecule has 0 atom stereocenters. The molecule has 0 aliphatic rings. The molecule has 3 nitrogen and oxygen atoms in total. The van der Waals surface area contributed by atoms with Crippen LogP contribution in [-0.2, 0) is 6.61 Å². The molecule has 1 rings (SSSR count). The third-order valence-electron chi connectivity index (χ3n) is 2.30. The van der Waals surface area contributed by atoms with E-state index >= 15 is 0 Å². The van der Waals surface area contributed by atoms with Crippen LogP contribution in [0.25, 0.3) is 0 Å². The molecule has 1 aromatic rings. The third kappa shape index (κ3) is 4.44. The molecule has 0 aliphatic carbocycles. The van der Waals surface area contributed by atoms with E-state index in [0.717, 1.165) is 0 Å². The van der Waals surface area contributed by atoms with Crippen molar-refractivity contribution >= 4 is 0 Å². The number of para-hydroxylation sites is 1. The van der Waals surface area contributed by atoms with E-state index in [2.05, 4.69) is 0 Å². The van der Waals surface area contributed by atoms with Crippen LogP contribution in [0.3, 0.4) is 0 Å². The summed E-state index contributed by atoms with van der Waals surface area (Å²) in [5, 5.41) is 9.11. The van der Waals surface area contributed by atoms with Gasteiger partial charge in [-0.15, -0.1) is 0 Å². The standard InChI is InChI=1S/C12H15F3O3/c1-17-10-5-2-4-9(8-16)11(10)18-7-3-6-12(13,14)15/h2,4-5,16H,3,6-8H2,1H3. The second kappa shape index (κ2) is 6.49. The first-order valence-corrected chi connectivity index (χ1v) is 5.44. The summed E-state index contributed by atoms with van der Waals surface area (Å²) in [6, 6.07) is 4.92. The lowest BCUT2D eigenvalue weighted by molar-refractivity contribution is -0.136. The van der Waals surface area contributed by atoms with Crippen molar-refractivity contribution in [3.05, 3.63) is 23.8 Å². The van der Waals surface area contributed by atoms with Crippen molar-refractivity contribution in [2.75, 3.05) is 13.7 Å². The van der Waals surface area contributed by atoms with Crippen LogP contribution in [0.2, 0.25) is 0 Å². The fraction of sp³-hybridized carbons (Fsp3) is 0.500. The van der Waals surface area contributed by atoms with Crippen molar-refractivity contribution < 1.29 is 27.8 Å². The Morgan fingerprint density at radius 3 is 2.56 bits per heavy atom. The molecule has 6 heteroatoms. The largest absolute Gasteiger partial charge is 0.493 e. The molecule has 0 saturated heterocycles. The number of alkyl halides is 3. The normalized spacial score (nSPS) is 11.4. The van der Waals surface area contributed by atoms with Gasteiger partial charge in [0, 0.05) is 12.0 Å². The molecule has 18 heavy (non-hydrogen) atoms. The first-order chi connectivity index (χ1) is 8.48. The maximum atomic E-state index is 12.0. The molecule has 0 unspecified atom stereocenters. The van der Waals surface area contributed by atoms with E-state index in [0.29, 0.717) is 17.1 Å². The summed E-state index contributed by atoms with van der Waals surface area (Å²) >= 11 is 0. The number of methoxy groups -OCH3 is 1. The summed E-state index contributed by atoms with van der Waals surface area (Å²) in [6.45, 7) is -0.335. The summed E-state index contributed by atoms with van der Waals surface area (Å²) in [6.07, 6.45) is -5.20. The SMILES string of the molecule is COc1cccc(CO)c1OCCCC(F)(F)F. The zero-order chi connectivity index (χ0) is 13.6. The van der Waals surface area contributed by atoms with Gasteiger partial charge in [0.15, 0.2) is 11.5 Å². The number of hydrogen-bond acceptors (Lipinski definition) is 3. The van der Waals surface area contributed by atoms with Crippen molar-refractivity contribution in [2.45, 2.75) is 25.6 Å². The van der Waals surface area contributed by atoms with Crippen molar-refractivity contribution in [1.82, 2.24) is 0 Å². The van der Waals surface area contributed by atoms with Crippen LogP contribution in [0, 0.1) is 0 Å². The smallest absolute Gasteiger partial charge is 0.389 e. The van der Waals surface area contributed by atoms with Crippen molar-refractivity contribution in [3.8, 4) is 11.5 Å².